The van der Waals surface area contributed by atoms with Gasteiger partial charge in [-0.2, -0.15) is 5.10 Å². The quantitative estimate of drug-likeness (QED) is 0.794. The van der Waals surface area contributed by atoms with Gasteiger partial charge in [-0.05, 0) is 18.6 Å². The van der Waals surface area contributed by atoms with Gasteiger partial charge in [0.05, 0.1) is 5.92 Å². The Morgan fingerprint density at radius 1 is 1.50 bits per heavy atom. The number of ketones is 1. The molecular formula is C13H13N3OS. The minimum atomic E-state index is -0.0827. The molecule has 2 heterocycles. The molecule has 92 valence electrons. The Labute approximate surface area is 109 Å². The van der Waals surface area contributed by atoms with Crippen LogP contribution in [-0.2, 0) is 6.54 Å². The van der Waals surface area contributed by atoms with Crippen molar-refractivity contribution in [1.29, 1.82) is 0 Å². The highest BCUT2D eigenvalue weighted by Gasteiger charge is 2.31. The zero-order chi connectivity index (χ0) is 12.5. The van der Waals surface area contributed by atoms with E-state index < -0.39 is 0 Å². The van der Waals surface area contributed by atoms with Crippen molar-refractivity contribution in [2.45, 2.75) is 24.3 Å². The fraction of sp³-hybridized carbons (Fsp3) is 0.308. The largest absolute Gasteiger partial charge is 0.290 e. The second-order valence-corrected chi connectivity index (χ2v) is 5.23. The summed E-state index contributed by atoms with van der Waals surface area (Å²) >= 11 is 1.74. The normalized spacial score (nSPS) is 17.7. The van der Waals surface area contributed by atoms with Gasteiger partial charge in [0.15, 0.2) is 5.82 Å². The Balaban J connectivity index is 1.96. The third-order valence-corrected chi connectivity index (χ3v) is 4.33. The van der Waals surface area contributed by atoms with E-state index in [2.05, 4.69) is 16.1 Å². The second kappa shape index (κ2) is 4.57. The number of carbonyl (C=O) groups excluding carboxylic acids is 1. The summed E-state index contributed by atoms with van der Waals surface area (Å²) < 4.78 is 1.66. The molecule has 0 spiro atoms. The van der Waals surface area contributed by atoms with E-state index in [9.17, 15) is 4.79 Å². The summed E-state index contributed by atoms with van der Waals surface area (Å²) in [6.45, 7) is 2.63. The van der Waals surface area contributed by atoms with Crippen molar-refractivity contribution < 1.29 is 4.79 Å². The molecule has 0 bridgehead atoms. The van der Waals surface area contributed by atoms with Crippen LogP contribution in [0.3, 0.4) is 0 Å². The van der Waals surface area contributed by atoms with Crippen molar-refractivity contribution in [1.82, 2.24) is 14.8 Å². The molecule has 0 amide bonds. The predicted molar refractivity (Wildman–Crippen MR) is 69.9 cm³/mol. The Hall–Kier alpha value is -1.62. The number of Topliss-reactive ketones (excluding diaryl/α,β-unsaturated/α-hetero) is 1. The number of thioether (sulfide) groups is 1. The molecule has 1 atom stereocenters. The lowest BCUT2D eigenvalue weighted by Gasteiger charge is -2.09. The maximum Gasteiger partial charge on any atom is 0.208 e. The molecular weight excluding hydrogens is 246 g/mol. The molecule has 0 saturated heterocycles. The standard InChI is InChI=1S/C13H13N3OS/c1-2-16-13(14-8-15-16)12(17)10-7-18-11-6-4-3-5-9(10)11/h3-6,8,10H,2,7H2,1H3. The first-order valence-corrected chi connectivity index (χ1v) is 6.93. The van der Waals surface area contributed by atoms with E-state index in [0.717, 1.165) is 11.3 Å². The number of rotatable bonds is 3. The molecule has 5 heteroatoms. The lowest BCUT2D eigenvalue weighted by atomic mass is 9.96. The van der Waals surface area contributed by atoms with Crippen LogP contribution in [0.5, 0.6) is 0 Å². The molecule has 1 aliphatic rings. The summed E-state index contributed by atoms with van der Waals surface area (Å²) in [5.74, 6) is 1.27. The van der Waals surface area contributed by atoms with Crippen LogP contribution in [0.15, 0.2) is 35.5 Å². The maximum atomic E-state index is 12.5. The number of nitrogens with zero attached hydrogens (tertiary/aromatic N) is 3. The molecule has 1 aromatic heterocycles. The molecule has 0 fully saturated rings. The van der Waals surface area contributed by atoms with Crippen LogP contribution < -0.4 is 0 Å². The van der Waals surface area contributed by atoms with Gasteiger partial charge in [0.25, 0.3) is 0 Å². The van der Waals surface area contributed by atoms with Crippen LogP contribution in [-0.4, -0.2) is 26.3 Å². The van der Waals surface area contributed by atoms with Gasteiger partial charge in [-0.25, -0.2) is 9.67 Å². The highest BCUT2D eigenvalue weighted by atomic mass is 32.2. The monoisotopic (exact) mass is 259 g/mol. The lowest BCUT2D eigenvalue weighted by Crippen LogP contribution is -2.18. The first-order valence-electron chi connectivity index (χ1n) is 5.95. The van der Waals surface area contributed by atoms with E-state index in [1.807, 2.05) is 25.1 Å². The molecule has 3 rings (SSSR count). The van der Waals surface area contributed by atoms with E-state index in [1.54, 1.807) is 16.4 Å². The van der Waals surface area contributed by atoms with Gasteiger partial charge in [-0.1, -0.05) is 18.2 Å². The number of fused-ring (bicyclic) bond motifs is 1. The van der Waals surface area contributed by atoms with Crippen LogP contribution in [0.4, 0.5) is 0 Å². The molecule has 0 aliphatic carbocycles. The summed E-state index contributed by atoms with van der Waals surface area (Å²) in [6, 6.07) is 8.09. The van der Waals surface area contributed by atoms with Gasteiger partial charge < -0.3 is 0 Å². The van der Waals surface area contributed by atoms with E-state index in [-0.39, 0.29) is 11.7 Å². The predicted octanol–water partition coefficient (Wildman–Crippen LogP) is 2.37. The third-order valence-electron chi connectivity index (χ3n) is 3.15. The number of benzene rings is 1. The van der Waals surface area contributed by atoms with Crippen molar-refractivity contribution >= 4 is 17.5 Å². The first kappa shape index (κ1) is 11.5. The number of aromatic nitrogens is 3. The van der Waals surface area contributed by atoms with Gasteiger partial charge >= 0.3 is 0 Å². The van der Waals surface area contributed by atoms with Gasteiger partial charge in [-0.3, -0.25) is 4.79 Å². The minimum Gasteiger partial charge on any atom is -0.290 e. The van der Waals surface area contributed by atoms with Crippen molar-refractivity contribution in [3.8, 4) is 0 Å². The average molecular weight is 259 g/mol. The summed E-state index contributed by atoms with van der Waals surface area (Å²) in [5.41, 5.74) is 1.12. The van der Waals surface area contributed by atoms with Crippen LogP contribution in [0, 0.1) is 0 Å². The molecule has 1 unspecified atom stereocenters. The Morgan fingerprint density at radius 2 is 2.33 bits per heavy atom. The molecule has 18 heavy (non-hydrogen) atoms. The van der Waals surface area contributed by atoms with Crippen LogP contribution in [0.1, 0.15) is 29.0 Å². The minimum absolute atomic E-state index is 0.0757. The summed E-state index contributed by atoms with van der Waals surface area (Å²) in [5, 5.41) is 4.06. The SMILES string of the molecule is CCn1ncnc1C(=O)C1CSc2ccccc21. The van der Waals surface area contributed by atoms with E-state index in [1.165, 1.54) is 11.2 Å². The van der Waals surface area contributed by atoms with Gasteiger partial charge in [0.2, 0.25) is 5.78 Å². The summed E-state index contributed by atoms with van der Waals surface area (Å²) in [6.07, 6.45) is 1.45. The van der Waals surface area contributed by atoms with Crippen LogP contribution in [0.2, 0.25) is 0 Å². The van der Waals surface area contributed by atoms with Crippen LogP contribution >= 0.6 is 11.8 Å². The van der Waals surface area contributed by atoms with E-state index >= 15 is 0 Å². The highest BCUT2D eigenvalue weighted by molar-refractivity contribution is 7.99. The number of hydrogen-bond acceptors (Lipinski definition) is 4. The topological polar surface area (TPSA) is 47.8 Å². The fourth-order valence-electron chi connectivity index (χ4n) is 2.22. The maximum absolute atomic E-state index is 12.5. The molecule has 0 N–H and O–H groups in total. The van der Waals surface area contributed by atoms with Gasteiger partial charge in [0.1, 0.15) is 6.33 Å². The van der Waals surface area contributed by atoms with Crippen LogP contribution in [0.25, 0.3) is 0 Å². The Morgan fingerprint density at radius 3 is 3.17 bits per heavy atom. The van der Waals surface area contributed by atoms with Crippen molar-refractivity contribution in [2.75, 3.05) is 5.75 Å². The number of carbonyl (C=O) groups is 1. The summed E-state index contributed by atoms with van der Waals surface area (Å²) in [4.78, 5) is 17.8. The van der Waals surface area contributed by atoms with Crippen molar-refractivity contribution in [3.05, 3.63) is 42.0 Å². The average Bonchev–Trinajstić information content (AvgIpc) is 3.04. The van der Waals surface area contributed by atoms with E-state index in [0.29, 0.717) is 12.4 Å². The third kappa shape index (κ3) is 1.75. The second-order valence-electron chi connectivity index (χ2n) is 4.17. The zero-order valence-electron chi connectivity index (χ0n) is 10.0. The van der Waals surface area contributed by atoms with E-state index in [4.69, 9.17) is 0 Å². The molecule has 4 nitrogen and oxygen atoms in total. The fourth-order valence-corrected chi connectivity index (χ4v) is 3.45. The Bertz CT molecular complexity index is 593. The smallest absolute Gasteiger partial charge is 0.208 e. The first-order chi connectivity index (χ1) is 8.81. The van der Waals surface area contributed by atoms with Gasteiger partial charge in [0, 0.05) is 17.2 Å². The molecule has 0 radical (unpaired) electrons. The van der Waals surface area contributed by atoms with Gasteiger partial charge in [-0.15, -0.1) is 11.8 Å². The molecule has 2 aromatic rings. The molecule has 1 aromatic carbocycles. The molecule has 0 saturated carbocycles. The van der Waals surface area contributed by atoms with Crippen molar-refractivity contribution in [3.63, 3.8) is 0 Å². The zero-order valence-corrected chi connectivity index (χ0v) is 10.9. The Kier molecular flexibility index (Phi) is 2.91. The number of hydrogen-bond donors (Lipinski definition) is 0. The number of aryl methyl sites for hydroxylation is 1. The van der Waals surface area contributed by atoms with Crippen molar-refractivity contribution in [2.24, 2.45) is 0 Å². The molecule has 1 aliphatic heterocycles. The summed E-state index contributed by atoms with van der Waals surface area (Å²) in [7, 11) is 0. The lowest BCUT2D eigenvalue weighted by molar-refractivity contribution is 0.0952. The highest BCUT2D eigenvalue weighted by Crippen LogP contribution is 2.40.